The van der Waals surface area contributed by atoms with Crippen LogP contribution in [-0.4, -0.2) is 157 Å². The number of carbonyl (C=O) groups excluding carboxylic acids is 9. The summed E-state index contributed by atoms with van der Waals surface area (Å²) in [5.41, 5.74) is 1.61. The van der Waals surface area contributed by atoms with Crippen molar-refractivity contribution in [2.24, 2.45) is 11.8 Å². The van der Waals surface area contributed by atoms with E-state index in [-0.39, 0.29) is 88.4 Å². The topological polar surface area (TPSA) is 268 Å². The van der Waals surface area contributed by atoms with Crippen molar-refractivity contribution in [1.82, 2.24) is 20.4 Å². The molecular formula is C64H72F8N4O16. The molecule has 0 aromatic heterocycles. The molecule has 92 heavy (non-hydrogen) atoms. The molecule has 2 heterocycles. The lowest BCUT2D eigenvalue weighted by Gasteiger charge is -2.26. The lowest BCUT2D eigenvalue weighted by molar-refractivity contribution is -0.156. The standard InChI is InChI=1S/C34H40F4N2O8.C30H32F4N2O8/c1-33(2,3)21-10-8-7-9-19(21)13-25(41)32(45)40-11-12-46-17-20(16-40)31(44)39-24(15-27(43)48-34(4,5)6)26(42)18-47-30-28(37)22(35)14-23(36)29(30)38;1-30(2,3)18-7-5-4-6-16(18)10-22(37)29(42)36-8-9-43-14-17(13-36)28(41)35-21(12-24(39)40)23(38)15-44-27-25(33)19(31)11-20(32)26(27)34/h7-10,14,20,24H,11-13,15-18H2,1-6H3,(H,39,44);4-7,11,17,21H,8-10,12-15H2,1-3H3,(H,35,41)(H,39,40)/t20-,24+;17-,21+/m11/s1. The van der Waals surface area contributed by atoms with Crippen LogP contribution in [0, 0.1) is 58.4 Å². The maximum absolute atomic E-state index is 14.1. The summed E-state index contributed by atoms with van der Waals surface area (Å²) in [5, 5.41) is 13.8. The van der Waals surface area contributed by atoms with E-state index in [0.29, 0.717) is 11.1 Å². The van der Waals surface area contributed by atoms with Gasteiger partial charge in [0.2, 0.25) is 46.6 Å². The molecule has 0 bridgehead atoms. The number of aliphatic carboxylic acids is 1. The van der Waals surface area contributed by atoms with Crippen LogP contribution in [0.3, 0.4) is 0 Å². The first-order valence-electron chi connectivity index (χ1n) is 28.9. The predicted octanol–water partition coefficient (Wildman–Crippen LogP) is 6.73. The Morgan fingerprint density at radius 2 is 0.891 bits per heavy atom. The second-order valence-corrected chi connectivity index (χ2v) is 24.7. The average Bonchev–Trinajstić information content (AvgIpc) is 1.16. The normalized spacial score (nSPS) is 16.1. The molecule has 2 aliphatic rings. The third kappa shape index (κ3) is 20.9. The van der Waals surface area contributed by atoms with E-state index < -0.39 is 172 Å². The molecule has 28 heteroatoms. The summed E-state index contributed by atoms with van der Waals surface area (Å²) in [6.45, 7) is 13.1. The molecule has 2 aliphatic heterocycles. The minimum absolute atomic E-state index is 0.00466. The maximum Gasteiger partial charge on any atom is 0.308 e. The Morgan fingerprint density at radius 3 is 1.23 bits per heavy atom. The van der Waals surface area contributed by atoms with Crippen LogP contribution in [0.4, 0.5) is 35.1 Å². The van der Waals surface area contributed by atoms with Crippen molar-refractivity contribution in [3.63, 3.8) is 0 Å². The molecule has 0 saturated carbocycles. The molecule has 20 nitrogen and oxygen atoms in total. The van der Waals surface area contributed by atoms with Crippen molar-refractivity contribution in [1.29, 1.82) is 0 Å². The number of ketones is 4. The zero-order valence-electron chi connectivity index (χ0n) is 52.0. The van der Waals surface area contributed by atoms with Crippen molar-refractivity contribution in [2.75, 3.05) is 65.8 Å². The van der Waals surface area contributed by atoms with Crippen LogP contribution < -0.4 is 20.1 Å². The number of carboxylic acids is 1. The number of esters is 1. The van der Waals surface area contributed by atoms with E-state index in [1.165, 1.54) is 4.90 Å². The SMILES string of the molecule is CC(C)(C)OC(=O)C[C@H](NC(=O)[C@H]1COCCN(C(=O)C(=O)Cc2ccccc2C(C)(C)C)C1)C(=O)COc1c(F)c(F)cc(F)c1F.CC(C)(C)c1ccccc1CC(=O)C(=O)N1CCOC[C@H](C(=O)N[C@@H](CC(=O)O)C(=O)COc2c(F)c(F)cc(F)c2F)C1. The number of Topliss-reactive ketones (excluding diaryl/α,β-unsaturated/α-hetero) is 4. The fraction of sp³-hybridized carbons (Fsp3) is 0.469. The number of carbonyl (C=O) groups is 10. The molecule has 2 fully saturated rings. The molecule has 3 N–H and O–H groups in total. The molecular weight excluding hydrogens is 1230 g/mol. The Hall–Kier alpha value is -8.66. The molecule has 0 unspecified atom stereocenters. The van der Waals surface area contributed by atoms with Gasteiger partial charge in [0.05, 0.1) is 51.1 Å². The number of hydrogen-bond donors (Lipinski definition) is 3. The Labute approximate surface area is 524 Å². The predicted molar refractivity (Wildman–Crippen MR) is 310 cm³/mol. The quantitative estimate of drug-likeness (QED) is 0.0319. The van der Waals surface area contributed by atoms with Gasteiger partial charge in [0, 0.05) is 51.2 Å². The van der Waals surface area contributed by atoms with Crippen molar-refractivity contribution in [3.05, 3.63) is 129 Å². The van der Waals surface area contributed by atoms with Gasteiger partial charge in [-0.3, -0.25) is 47.9 Å². The number of carboxylic acid groups (broad SMARTS) is 1. The van der Waals surface area contributed by atoms with Crippen LogP contribution in [0.15, 0.2) is 60.7 Å². The van der Waals surface area contributed by atoms with Crippen LogP contribution >= 0.6 is 0 Å². The van der Waals surface area contributed by atoms with Gasteiger partial charge >= 0.3 is 11.9 Å². The van der Waals surface area contributed by atoms with Gasteiger partial charge in [0.1, 0.15) is 30.9 Å². The van der Waals surface area contributed by atoms with E-state index >= 15 is 0 Å². The molecule has 2 saturated heterocycles. The van der Waals surface area contributed by atoms with Gasteiger partial charge in [-0.15, -0.1) is 0 Å². The van der Waals surface area contributed by atoms with Gasteiger partial charge in [0.25, 0.3) is 11.8 Å². The zero-order valence-corrected chi connectivity index (χ0v) is 52.0. The van der Waals surface area contributed by atoms with Gasteiger partial charge in [-0.05, 0) is 53.9 Å². The van der Waals surface area contributed by atoms with E-state index in [1.54, 1.807) is 45.0 Å². The molecule has 4 amide bonds. The lowest BCUT2D eigenvalue weighted by Crippen LogP contribution is -2.50. The van der Waals surface area contributed by atoms with Crippen LogP contribution in [0.25, 0.3) is 0 Å². The van der Waals surface area contributed by atoms with E-state index in [1.807, 2.05) is 65.8 Å². The van der Waals surface area contributed by atoms with Gasteiger partial charge in [-0.1, -0.05) is 90.1 Å². The van der Waals surface area contributed by atoms with Crippen LogP contribution in [0.1, 0.15) is 97.4 Å². The Kier molecular flexibility index (Phi) is 25.8. The summed E-state index contributed by atoms with van der Waals surface area (Å²) < 4.78 is 136. The molecule has 6 rings (SSSR count). The highest BCUT2D eigenvalue weighted by Gasteiger charge is 2.37. The first-order valence-corrected chi connectivity index (χ1v) is 28.9. The molecule has 4 aromatic carbocycles. The second-order valence-electron chi connectivity index (χ2n) is 24.7. The number of amides is 4. The number of ether oxygens (including phenoxy) is 5. The highest BCUT2D eigenvalue weighted by molar-refractivity contribution is 6.37. The molecule has 4 atom stereocenters. The molecule has 500 valence electrons. The summed E-state index contributed by atoms with van der Waals surface area (Å²) >= 11 is 0. The molecule has 4 aromatic rings. The highest BCUT2D eigenvalue weighted by Crippen LogP contribution is 2.30. The van der Waals surface area contributed by atoms with Crippen molar-refractivity contribution >= 4 is 58.7 Å². The van der Waals surface area contributed by atoms with Crippen LogP contribution in [-0.2, 0) is 85.8 Å². The number of benzene rings is 4. The number of nitrogens with one attached hydrogen (secondary N) is 2. The smallest absolute Gasteiger partial charge is 0.308 e. The first-order chi connectivity index (χ1) is 42.9. The minimum atomic E-state index is -1.91. The molecule has 0 spiro atoms. The van der Waals surface area contributed by atoms with Crippen molar-refractivity contribution in [3.8, 4) is 11.5 Å². The second kappa shape index (κ2) is 32.1. The van der Waals surface area contributed by atoms with E-state index in [0.717, 1.165) is 16.0 Å². The average molecular weight is 1310 g/mol. The Bertz CT molecular complexity index is 3380. The third-order valence-electron chi connectivity index (χ3n) is 14.1. The summed E-state index contributed by atoms with van der Waals surface area (Å²) in [6, 6.07) is 10.9. The van der Waals surface area contributed by atoms with Crippen LogP contribution in [0.5, 0.6) is 11.5 Å². The van der Waals surface area contributed by atoms with Crippen molar-refractivity contribution in [2.45, 2.75) is 117 Å². The lowest BCUT2D eigenvalue weighted by atomic mass is 9.82. The Balaban J connectivity index is 0.000000335. The number of hydrogen-bond acceptors (Lipinski definition) is 15. The highest BCUT2D eigenvalue weighted by atomic mass is 19.2. The largest absolute Gasteiger partial charge is 0.481 e. The monoisotopic (exact) mass is 1300 g/mol. The number of halogens is 8. The first kappa shape index (κ1) is 74.1. The fourth-order valence-electron chi connectivity index (χ4n) is 9.61. The van der Waals surface area contributed by atoms with Gasteiger partial charge in [0.15, 0.2) is 46.3 Å². The van der Waals surface area contributed by atoms with Crippen LogP contribution in [0.2, 0.25) is 0 Å². The van der Waals surface area contributed by atoms with Gasteiger partial charge < -0.3 is 49.2 Å². The zero-order chi connectivity index (χ0) is 68.7. The minimum Gasteiger partial charge on any atom is -0.481 e. The number of nitrogens with zero attached hydrogens (tertiary/aromatic N) is 2. The maximum atomic E-state index is 14.1. The summed E-state index contributed by atoms with van der Waals surface area (Å²) in [7, 11) is 0. The molecule has 0 aliphatic carbocycles. The van der Waals surface area contributed by atoms with Gasteiger partial charge in [-0.2, -0.15) is 17.6 Å². The summed E-state index contributed by atoms with van der Waals surface area (Å²) in [5.74, 6) is -29.5. The van der Waals surface area contributed by atoms with Crippen molar-refractivity contribution < 1.29 is 112 Å². The van der Waals surface area contributed by atoms with Gasteiger partial charge in [-0.25, -0.2) is 17.6 Å². The van der Waals surface area contributed by atoms with E-state index in [9.17, 15) is 88.2 Å². The Morgan fingerprint density at radius 1 is 0.543 bits per heavy atom. The fourth-order valence-corrected chi connectivity index (χ4v) is 9.61. The summed E-state index contributed by atoms with van der Waals surface area (Å²) in [6.07, 6.45) is -2.05. The van der Waals surface area contributed by atoms with E-state index in [4.69, 9.17) is 18.9 Å². The van der Waals surface area contributed by atoms with E-state index in [2.05, 4.69) is 15.4 Å². The third-order valence-corrected chi connectivity index (χ3v) is 14.1. The number of rotatable bonds is 22. The molecule has 0 radical (unpaired) electrons. The summed E-state index contributed by atoms with van der Waals surface area (Å²) in [4.78, 5) is 131.